The fraction of sp³-hybridized carbons (Fsp3) is 0.435. The zero-order valence-electron chi connectivity index (χ0n) is 19.2. The van der Waals surface area contributed by atoms with E-state index in [1.54, 1.807) is 19.2 Å². The summed E-state index contributed by atoms with van der Waals surface area (Å²) in [4.78, 5) is 35.3. The second-order valence-electron chi connectivity index (χ2n) is 8.36. The van der Waals surface area contributed by atoms with Crippen molar-refractivity contribution in [2.75, 3.05) is 25.1 Å². The van der Waals surface area contributed by atoms with Gasteiger partial charge in [0.25, 0.3) is 11.4 Å². The lowest BCUT2D eigenvalue weighted by Crippen LogP contribution is -2.33. The van der Waals surface area contributed by atoms with Crippen LogP contribution in [0, 0.1) is 25.6 Å². The standard InChI is InChI=1S/C23H29N3O7/c1-5-23(3,15-16(2)17-6-9-19(27)10-7-17)22(28)33-13-12-24(4)20-11-8-18(25(29)30)14-21(20)26(31)32/h6-11,14,16,27H,5,12-13,15H2,1-4H3. The Morgan fingerprint density at radius 2 is 1.79 bits per heavy atom. The third-order valence-corrected chi connectivity index (χ3v) is 5.93. The average Bonchev–Trinajstić information content (AvgIpc) is 2.78. The number of rotatable bonds is 11. The van der Waals surface area contributed by atoms with E-state index in [4.69, 9.17) is 4.74 Å². The number of carbonyl (C=O) groups excluding carboxylic acids is 1. The van der Waals surface area contributed by atoms with Gasteiger partial charge in [-0.15, -0.1) is 0 Å². The molecular weight excluding hydrogens is 430 g/mol. The van der Waals surface area contributed by atoms with Crippen molar-refractivity contribution in [1.29, 1.82) is 0 Å². The molecule has 10 nitrogen and oxygen atoms in total. The minimum Gasteiger partial charge on any atom is -0.508 e. The summed E-state index contributed by atoms with van der Waals surface area (Å²) >= 11 is 0. The Morgan fingerprint density at radius 1 is 1.15 bits per heavy atom. The maximum absolute atomic E-state index is 12.9. The number of hydrogen-bond acceptors (Lipinski definition) is 8. The Balaban J connectivity index is 2.02. The van der Waals surface area contributed by atoms with Crippen molar-refractivity contribution in [2.24, 2.45) is 5.41 Å². The summed E-state index contributed by atoms with van der Waals surface area (Å²) in [5.74, 6) is -0.114. The van der Waals surface area contributed by atoms with Crippen LogP contribution >= 0.6 is 0 Å². The maximum Gasteiger partial charge on any atom is 0.311 e. The van der Waals surface area contributed by atoms with Crippen LogP contribution in [0.4, 0.5) is 17.1 Å². The highest BCUT2D eigenvalue weighted by Gasteiger charge is 2.35. The van der Waals surface area contributed by atoms with Crippen LogP contribution in [0.3, 0.4) is 0 Å². The molecule has 0 bridgehead atoms. The van der Waals surface area contributed by atoms with Gasteiger partial charge in [-0.25, -0.2) is 0 Å². The van der Waals surface area contributed by atoms with Gasteiger partial charge >= 0.3 is 5.97 Å². The first-order valence-corrected chi connectivity index (χ1v) is 10.6. The molecule has 0 aliphatic carbocycles. The summed E-state index contributed by atoms with van der Waals surface area (Å²) in [6.07, 6.45) is 1.12. The number of esters is 1. The lowest BCUT2D eigenvalue weighted by Gasteiger charge is -2.29. The zero-order chi connectivity index (χ0) is 24.8. The molecule has 2 aromatic carbocycles. The van der Waals surface area contributed by atoms with Gasteiger partial charge in [0.2, 0.25) is 0 Å². The molecule has 0 spiro atoms. The van der Waals surface area contributed by atoms with Crippen LogP contribution in [0.5, 0.6) is 5.75 Å². The Morgan fingerprint density at radius 3 is 2.33 bits per heavy atom. The monoisotopic (exact) mass is 459 g/mol. The third-order valence-electron chi connectivity index (χ3n) is 5.93. The van der Waals surface area contributed by atoms with Crippen LogP contribution < -0.4 is 4.90 Å². The van der Waals surface area contributed by atoms with Gasteiger partial charge in [-0.3, -0.25) is 25.0 Å². The van der Waals surface area contributed by atoms with E-state index in [9.17, 15) is 30.1 Å². The first kappa shape index (κ1) is 25.6. The summed E-state index contributed by atoms with van der Waals surface area (Å²) in [5, 5.41) is 31.7. The number of phenols is 1. The van der Waals surface area contributed by atoms with Gasteiger partial charge in [0.15, 0.2) is 0 Å². The van der Waals surface area contributed by atoms with Gasteiger partial charge in [-0.2, -0.15) is 0 Å². The van der Waals surface area contributed by atoms with Gasteiger partial charge in [0, 0.05) is 13.1 Å². The SMILES string of the molecule is CCC(C)(CC(C)c1ccc(O)cc1)C(=O)OCCN(C)c1ccc([N+](=O)[O-])cc1[N+](=O)[O-]. The van der Waals surface area contributed by atoms with Crippen LogP contribution in [-0.4, -0.2) is 41.1 Å². The van der Waals surface area contributed by atoms with E-state index in [0.717, 1.165) is 11.6 Å². The Kier molecular flexibility index (Phi) is 8.33. The van der Waals surface area contributed by atoms with E-state index in [1.807, 2.05) is 32.9 Å². The molecule has 0 fully saturated rings. The zero-order valence-corrected chi connectivity index (χ0v) is 19.2. The molecule has 0 aliphatic heterocycles. The fourth-order valence-electron chi connectivity index (χ4n) is 3.63. The molecule has 2 aromatic rings. The average molecular weight is 459 g/mol. The number of benzene rings is 2. The molecule has 0 saturated heterocycles. The number of hydrogen-bond donors (Lipinski definition) is 1. The summed E-state index contributed by atoms with van der Waals surface area (Å²) in [6.45, 7) is 5.95. The maximum atomic E-state index is 12.9. The molecule has 33 heavy (non-hydrogen) atoms. The predicted molar refractivity (Wildman–Crippen MR) is 124 cm³/mol. The second-order valence-corrected chi connectivity index (χ2v) is 8.36. The summed E-state index contributed by atoms with van der Waals surface area (Å²) in [6, 6.07) is 10.3. The molecule has 0 heterocycles. The normalized spacial score (nSPS) is 13.6. The number of phenolic OH excluding ortho intramolecular Hbond substituents is 1. The van der Waals surface area contributed by atoms with Crippen molar-refractivity contribution in [3.63, 3.8) is 0 Å². The molecular formula is C23H29N3O7. The molecule has 0 radical (unpaired) electrons. The van der Waals surface area contributed by atoms with Crippen molar-refractivity contribution in [2.45, 2.75) is 39.5 Å². The van der Waals surface area contributed by atoms with Gasteiger partial charge in [0.05, 0.1) is 27.9 Å². The minimum atomic E-state index is -0.727. The van der Waals surface area contributed by atoms with Crippen LogP contribution in [0.1, 0.15) is 45.1 Å². The number of carbonyl (C=O) groups is 1. The van der Waals surface area contributed by atoms with E-state index >= 15 is 0 Å². The van der Waals surface area contributed by atoms with Gasteiger partial charge in [-0.1, -0.05) is 26.0 Å². The number of aromatic hydroxyl groups is 1. The third kappa shape index (κ3) is 6.41. The predicted octanol–water partition coefficient (Wildman–Crippen LogP) is 4.80. The number of anilines is 1. The number of ether oxygens (including phenoxy) is 1. The van der Waals surface area contributed by atoms with Crippen LogP contribution in [0.2, 0.25) is 0 Å². The topological polar surface area (TPSA) is 136 Å². The van der Waals surface area contributed by atoms with E-state index in [-0.39, 0.29) is 47.9 Å². The minimum absolute atomic E-state index is 0.00660. The number of non-ortho nitro benzene ring substituents is 1. The first-order valence-electron chi connectivity index (χ1n) is 10.6. The van der Waals surface area contributed by atoms with Crippen molar-refractivity contribution < 1.29 is 24.5 Å². The molecule has 0 aromatic heterocycles. The van der Waals surface area contributed by atoms with Crippen molar-refractivity contribution in [3.8, 4) is 5.75 Å². The largest absolute Gasteiger partial charge is 0.508 e. The Labute approximate surface area is 192 Å². The molecule has 10 heteroatoms. The van der Waals surface area contributed by atoms with Crippen LogP contribution in [0.25, 0.3) is 0 Å². The Bertz CT molecular complexity index is 1010. The number of nitro groups is 2. The second kappa shape index (κ2) is 10.8. The molecule has 178 valence electrons. The van der Waals surface area contributed by atoms with E-state index in [1.165, 1.54) is 17.0 Å². The summed E-state index contributed by atoms with van der Waals surface area (Å²) in [7, 11) is 1.59. The highest BCUT2D eigenvalue weighted by molar-refractivity contribution is 5.76. The molecule has 2 atom stereocenters. The summed E-state index contributed by atoms with van der Waals surface area (Å²) in [5.41, 5.74) is -0.285. The highest BCUT2D eigenvalue weighted by atomic mass is 16.6. The van der Waals surface area contributed by atoms with Crippen molar-refractivity contribution in [1.82, 2.24) is 0 Å². The molecule has 2 rings (SSSR count). The Hall–Kier alpha value is -3.69. The fourth-order valence-corrected chi connectivity index (χ4v) is 3.63. The van der Waals surface area contributed by atoms with Crippen LogP contribution in [0.15, 0.2) is 42.5 Å². The van der Waals surface area contributed by atoms with Crippen molar-refractivity contribution in [3.05, 3.63) is 68.3 Å². The molecule has 0 aliphatic rings. The molecule has 0 amide bonds. The van der Waals surface area contributed by atoms with E-state index in [2.05, 4.69) is 0 Å². The van der Waals surface area contributed by atoms with E-state index < -0.39 is 15.3 Å². The smallest absolute Gasteiger partial charge is 0.311 e. The lowest BCUT2D eigenvalue weighted by atomic mass is 9.77. The number of nitro benzene ring substituents is 2. The molecule has 2 unspecified atom stereocenters. The first-order chi connectivity index (χ1) is 15.5. The van der Waals surface area contributed by atoms with Crippen molar-refractivity contribution >= 4 is 23.0 Å². The lowest BCUT2D eigenvalue weighted by molar-refractivity contribution is -0.393. The van der Waals surface area contributed by atoms with Gasteiger partial charge < -0.3 is 14.7 Å². The highest BCUT2D eigenvalue weighted by Crippen LogP contribution is 2.36. The van der Waals surface area contributed by atoms with Gasteiger partial charge in [-0.05, 0) is 49.4 Å². The molecule has 1 N–H and O–H groups in total. The van der Waals surface area contributed by atoms with Gasteiger partial charge in [0.1, 0.15) is 18.0 Å². The number of likely N-dealkylation sites (N-methyl/N-ethyl adjacent to an activating group) is 1. The quantitative estimate of drug-likeness (QED) is 0.287. The van der Waals surface area contributed by atoms with Crippen LogP contribution in [-0.2, 0) is 9.53 Å². The summed E-state index contributed by atoms with van der Waals surface area (Å²) < 4.78 is 5.51. The van der Waals surface area contributed by atoms with E-state index in [0.29, 0.717) is 12.8 Å². The number of nitrogens with zero attached hydrogens (tertiary/aromatic N) is 3. The molecule has 0 saturated carbocycles.